The van der Waals surface area contributed by atoms with Crippen LogP contribution in [0.4, 0.5) is 0 Å². The molecular formula is C14H19BrO3. The topological polar surface area (TPSA) is 46.5 Å². The first-order valence-corrected chi connectivity index (χ1v) is 6.66. The maximum absolute atomic E-state index is 11.9. The Kier molecular flexibility index (Phi) is 4.93. The number of methoxy groups -OCH3 is 1. The highest BCUT2D eigenvalue weighted by molar-refractivity contribution is 9.10. The van der Waals surface area contributed by atoms with E-state index in [0.717, 1.165) is 4.47 Å². The Labute approximate surface area is 116 Å². The first kappa shape index (κ1) is 15.2. The highest BCUT2D eigenvalue weighted by Crippen LogP contribution is 2.36. The highest BCUT2D eigenvalue weighted by Gasteiger charge is 2.41. The Morgan fingerprint density at radius 1 is 1.44 bits per heavy atom. The van der Waals surface area contributed by atoms with E-state index >= 15 is 0 Å². The minimum absolute atomic E-state index is 0.0218. The van der Waals surface area contributed by atoms with Gasteiger partial charge in [0.2, 0.25) is 0 Å². The number of hydrogen-bond donors (Lipinski definition) is 1. The predicted molar refractivity (Wildman–Crippen MR) is 74.1 cm³/mol. The molecule has 0 bridgehead atoms. The lowest BCUT2D eigenvalue weighted by molar-refractivity contribution is -0.159. The van der Waals surface area contributed by atoms with Gasteiger partial charge in [-0.15, -0.1) is 0 Å². The fraction of sp³-hybridized carbons (Fsp3) is 0.500. The van der Waals surface area contributed by atoms with Crippen molar-refractivity contribution in [2.24, 2.45) is 11.8 Å². The van der Waals surface area contributed by atoms with Gasteiger partial charge in [0, 0.05) is 4.47 Å². The van der Waals surface area contributed by atoms with Gasteiger partial charge in [0.15, 0.2) is 0 Å². The lowest BCUT2D eigenvalue weighted by Gasteiger charge is -2.34. The average Bonchev–Trinajstić information content (AvgIpc) is 2.28. The average molecular weight is 315 g/mol. The number of aliphatic hydroxyl groups is 1. The predicted octanol–water partition coefficient (Wildman–Crippen LogP) is 3.10. The molecule has 1 aromatic carbocycles. The van der Waals surface area contributed by atoms with Gasteiger partial charge in [0.25, 0.3) is 0 Å². The lowest BCUT2D eigenvalue weighted by Crippen LogP contribution is -2.41. The minimum atomic E-state index is -1.26. The van der Waals surface area contributed by atoms with Crippen LogP contribution in [0.3, 0.4) is 0 Å². The van der Waals surface area contributed by atoms with Gasteiger partial charge in [-0.1, -0.05) is 41.9 Å². The highest BCUT2D eigenvalue weighted by atomic mass is 79.9. The first-order valence-electron chi connectivity index (χ1n) is 5.87. The maximum atomic E-state index is 11.9. The standard InChI is InChI=1S/C14H19BrO3/c1-9(2)12(13(16)18-4)14(3,17)10-6-5-7-11(15)8-10/h5-9,12,17H,1-4H3. The summed E-state index contributed by atoms with van der Waals surface area (Å²) in [6.45, 7) is 5.44. The van der Waals surface area contributed by atoms with Gasteiger partial charge in [0.1, 0.15) is 5.60 Å². The quantitative estimate of drug-likeness (QED) is 0.869. The Morgan fingerprint density at radius 2 is 2.06 bits per heavy atom. The molecule has 0 aromatic heterocycles. The number of hydrogen-bond acceptors (Lipinski definition) is 3. The van der Waals surface area contributed by atoms with E-state index in [2.05, 4.69) is 15.9 Å². The van der Waals surface area contributed by atoms with Crippen LogP contribution in [0.2, 0.25) is 0 Å². The minimum Gasteiger partial charge on any atom is -0.469 e. The molecule has 4 heteroatoms. The Hall–Kier alpha value is -0.870. The van der Waals surface area contributed by atoms with Crippen LogP contribution in [0.5, 0.6) is 0 Å². The van der Waals surface area contributed by atoms with E-state index < -0.39 is 17.5 Å². The largest absolute Gasteiger partial charge is 0.469 e. The zero-order valence-electron chi connectivity index (χ0n) is 11.1. The van der Waals surface area contributed by atoms with Gasteiger partial charge >= 0.3 is 5.97 Å². The number of benzene rings is 1. The number of ether oxygens (including phenoxy) is 1. The molecule has 1 N–H and O–H groups in total. The molecule has 0 saturated heterocycles. The lowest BCUT2D eigenvalue weighted by atomic mass is 9.76. The monoisotopic (exact) mass is 314 g/mol. The number of rotatable bonds is 4. The van der Waals surface area contributed by atoms with Crippen LogP contribution < -0.4 is 0 Å². The van der Waals surface area contributed by atoms with Crippen LogP contribution >= 0.6 is 15.9 Å². The molecule has 0 aliphatic rings. The molecule has 0 aliphatic heterocycles. The van der Waals surface area contributed by atoms with Crippen molar-refractivity contribution in [1.29, 1.82) is 0 Å². The third-order valence-electron chi connectivity index (χ3n) is 3.14. The summed E-state index contributed by atoms with van der Waals surface area (Å²) in [5.41, 5.74) is -0.564. The second kappa shape index (κ2) is 5.85. The van der Waals surface area contributed by atoms with Crippen molar-refractivity contribution < 1.29 is 14.6 Å². The summed E-state index contributed by atoms with van der Waals surface area (Å²) in [4.78, 5) is 11.9. The number of halogens is 1. The van der Waals surface area contributed by atoms with Crippen molar-refractivity contribution in [3.05, 3.63) is 34.3 Å². The second-order valence-electron chi connectivity index (χ2n) is 4.90. The molecule has 2 unspecified atom stereocenters. The van der Waals surface area contributed by atoms with Crippen LogP contribution in [0.1, 0.15) is 26.3 Å². The molecule has 0 spiro atoms. The fourth-order valence-electron chi connectivity index (χ4n) is 2.26. The smallest absolute Gasteiger partial charge is 0.312 e. The van der Waals surface area contributed by atoms with Gasteiger partial charge in [-0.3, -0.25) is 4.79 Å². The van der Waals surface area contributed by atoms with E-state index in [4.69, 9.17) is 4.74 Å². The normalized spacial score (nSPS) is 16.2. The Morgan fingerprint density at radius 3 is 2.50 bits per heavy atom. The molecule has 18 heavy (non-hydrogen) atoms. The number of carbonyl (C=O) groups is 1. The molecule has 1 aromatic rings. The summed E-state index contributed by atoms with van der Waals surface area (Å²) in [6, 6.07) is 7.34. The Balaban J connectivity index is 3.20. The molecule has 1 rings (SSSR count). The van der Waals surface area contributed by atoms with Gasteiger partial charge in [-0.05, 0) is 30.5 Å². The Bertz CT molecular complexity index is 427. The van der Waals surface area contributed by atoms with Crippen molar-refractivity contribution in [3.8, 4) is 0 Å². The van der Waals surface area contributed by atoms with Crippen molar-refractivity contribution >= 4 is 21.9 Å². The number of carbonyl (C=O) groups excluding carboxylic acids is 1. The van der Waals surface area contributed by atoms with Crippen LogP contribution in [0.15, 0.2) is 28.7 Å². The number of esters is 1. The summed E-state index contributed by atoms with van der Waals surface area (Å²) >= 11 is 3.37. The summed E-state index contributed by atoms with van der Waals surface area (Å²) in [5.74, 6) is -1.02. The summed E-state index contributed by atoms with van der Waals surface area (Å²) < 4.78 is 5.67. The molecule has 0 aliphatic carbocycles. The molecule has 0 fully saturated rings. The molecule has 0 amide bonds. The van der Waals surface area contributed by atoms with Gasteiger partial charge in [-0.2, -0.15) is 0 Å². The van der Waals surface area contributed by atoms with E-state index in [9.17, 15) is 9.90 Å². The van der Waals surface area contributed by atoms with Gasteiger partial charge in [0.05, 0.1) is 13.0 Å². The summed E-state index contributed by atoms with van der Waals surface area (Å²) in [6.07, 6.45) is 0. The van der Waals surface area contributed by atoms with Crippen molar-refractivity contribution in [1.82, 2.24) is 0 Å². The van der Waals surface area contributed by atoms with Gasteiger partial charge < -0.3 is 9.84 Å². The summed E-state index contributed by atoms with van der Waals surface area (Å²) in [7, 11) is 1.34. The van der Waals surface area contributed by atoms with Crippen LogP contribution in [-0.4, -0.2) is 18.2 Å². The third-order valence-corrected chi connectivity index (χ3v) is 3.63. The van der Waals surface area contributed by atoms with Crippen molar-refractivity contribution in [3.63, 3.8) is 0 Å². The van der Waals surface area contributed by atoms with E-state index in [0.29, 0.717) is 5.56 Å². The molecular weight excluding hydrogens is 296 g/mol. The van der Waals surface area contributed by atoms with E-state index in [1.54, 1.807) is 6.92 Å². The van der Waals surface area contributed by atoms with Crippen LogP contribution in [0.25, 0.3) is 0 Å². The first-order chi connectivity index (χ1) is 8.30. The fourth-order valence-corrected chi connectivity index (χ4v) is 2.66. The molecule has 3 nitrogen and oxygen atoms in total. The van der Waals surface area contributed by atoms with E-state index in [1.807, 2.05) is 38.1 Å². The maximum Gasteiger partial charge on any atom is 0.312 e. The molecule has 100 valence electrons. The second-order valence-corrected chi connectivity index (χ2v) is 5.82. The SMILES string of the molecule is COC(=O)C(C(C)C)C(C)(O)c1cccc(Br)c1. The molecule has 0 radical (unpaired) electrons. The third kappa shape index (κ3) is 3.12. The van der Waals surface area contributed by atoms with E-state index in [-0.39, 0.29) is 5.92 Å². The molecule has 0 heterocycles. The van der Waals surface area contributed by atoms with Crippen LogP contribution in [-0.2, 0) is 15.1 Å². The summed E-state index contributed by atoms with van der Waals surface area (Å²) in [5, 5.41) is 10.7. The van der Waals surface area contributed by atoms with Crippen molar-refractivity contribution in [2.45, 2.75) is 26.4 Å². The van der Waals surface area contributed by atoms with E-state index in [1.165, 1.54) is 7.11 Å². The van der Waals surface area contributed by atoms with Gasteiger partial charge in [-0.25, -0.2) is 0 Å². The zero-order valence-corrected chi connectivity index (χ0v) is 12.7. The zero-order chi connectivity index (χ0) is 13.9. The van der Waals surface area contributed by atoms with Crippen molar-refractivity contribution in [2.75, 3.05) is 7.11 Å². The van der Waals surface area contributed by atoms with Crippen LogP contribution in [0, 0.1) is 11.8 Å². The molecule has 0 saturated carbocycles. The molecule has 2 atom stereocenters.